The Bertz CT molecular complexity index is 829. The molecule has 4 rings (SSSR count). The van der Waals surface area contributed by atoms with Crippen LogP contribution in [0.15, 0.2) is 38.4 Å². The molecule has 0 amide bonds. The summed E-state index contributed by atoms with van der Waals surface area (Å²) in [5, 5.41) is 7.12. The van der Waals surface area contributed by atoms with Gasteiger partial charge in [0, 0.05) is 20.8 Å². The van der Waals surface area contributed by atoms with Crippen LogP contribution in [0.3, 0.4) is 0 Å². The van der Waals surface area contributed by atoms with Gasteiger partial charge in [0.15, 0.2) is 0 Å². The van der Waals surface area contributed by atoms with Crippen LogP contribution in [0.5, 0.6) is 0 Å². The number of dihydropyridines is 1. The van der Waals surface area contributed by atoms with E-state index >= 15 is 0 Å². The number of nitrogen functional groups attached to an aromatic ring is 1. The number of benzene rings is 1. The summed E-state index contributed by atoms with van der Waals surface area (Å²) in [5.41, 5.74) is 15.6. The van der Waals surface area contributed by atoms with E-state index in [1.807, 2.05) is 0 Å². The van der Waals surface area contributed by atoms with Crippen LogP contribution in [-0.2, 0) is 6.42 Å². The Morgan fingerprint density at radius 3 is 2.46 bits per heavy atom. The molecule has 1 aromatic carbocycles. The molecule has 1 saturated heterocycles. The lowest BCUT2D eigenvalue weighted by atomic mass is 9.84. The number of hydrogen-bond acceptors (Lipinski definition) is 3. The molecular formula is C23H31Br2N3. The molecule has 1 aromatic rings. The second kappa shape index (κ2) is 9.64. The Labute approximate surface area is 186 Å². The molecule has 0 saturated carbocycles. The smallest absolute Gasteiger partial charge is 0.0731 e. The predicted octanol–water partition coefficient (Wildman–Crippen LogP) is 5.97. The standard InChI is InChI=1S/C20H23Br2N3.C3H8/c1-11-17(23)9-16-15(19(11)22)3-2-13-8-14(21)10-25-20(13)18(16)12-4-6-24-7-5-12;1-3-2/h8-10,20,24-25H,2-7,23H2,1H3;3H2,1-2H3. The van der Waals surface area contributed by atoms with Gasteiger partial charge in [0.25, 0.3) is 0 Å². The van der Waals surface area contributed by atoms with Crippen LogP contribution >= 0.6 is 31.9 Å². The summed E-state index contributed by atoms with van der Waals surface area (Å²) >= 11 is 7.47. The van der Waals surface area contributed by atoms with E-state index in [2.05, 4.69) is 81.6 Å². The fraction of sp³-hybridized carbons (Fsp3) is 0.478. The van der Waals surface area contributed by atoms with E-state index in [-0.39, 0.29) is 6.04 Å². The molecule has 5 heteroatoms. The van der Waals surface area contributed by atoms with Crippen molar-refractivity contribution >= 4 is 43.1 Å². The molecule has 0 radical (unpaired) electrons. The number of hydrogen-bond donors (Lipinski definition) is 3. The number of nitrogens with two attached hydrogens (primary N) is 1. The number of piperidine rings is 1. The molecule has 1 fully saturated rings. The topological polar surface area (TPSA) is 50.1 Å². The highest BCUT2D eigenvalue weighted by molar-refractivity contribution is 9.12. The third kappa shape index (κ3) is 4.42. The van der Waals surface area contributed by atoms with Crippen molar-refractivity contribution in [3.8, 4) is 0 Å². The van der Waals surface area contributed by atoms with E-state index in [0.717, 1.165) is 54.5 Å². The lowest BCUT2D eigenvalue weighted by Crippen LogP contribution is -2.32. The van der Waals surface area contributed by atoms with Crippen LogP contribution in [0.25, 0.3) is 5.57 Å². The third-order valence-electron chi connectivity index (χ3n) is 5.56. The second-order valence-electron chi connectivity index (χ2n) is 7.75. The highest BCUT2D eigenvalue weighted by Crippen LogP contribution is 2.43. The number of fused-ring (bicyclic) bond motifs is 2. The summed E-state index contributed by atoms with van der Waals surface area (Å²) in [6.07, 6.45) is 9.93. The van der Waals surface area contributed by atoms with Gasteiger partial charge in [0.05, 0.1) is 6.04 Å². The van der Waals surface area contributed by atoms with Gasteiger partial charge in [-0.25, -0.2) is 0 Å². The van der Waals surface area contributed by atoms with Gasteiger partial charge in [-0.3, -0.25) is 0 Å². The Morgan fingerprint density at radius 1 is 1.11 bits per heavy atom. The average molecular weight is 509 g/mol. The predicted molar refractivity (Wildman–Crippen MR) is 129 cm³/mol. The highest BCUT2D eigenvalue weighted by Gasteiger charge is 2.31. The van der Waals surface area contributed by atoms with Crippen molar-refractivity contribution in [2.24, 2.45) is 0 Å². The molecule has 1 aliphatic carbocycles. The van der Waals surface area contributed by atoms with E-state index in [0.29, 0.717) is 0 Å². The maximum Gasteiger partial charge on any atom is 0.0731 e. The maximum atomic E-state index is 6.36. The Hall–Kier alpha value is -1.04. The molecule has 2 heterocycles. The van der Waals surface area contributed by atoms with Gasteiger partial charge < -0.3 is 16.4 Å². The first-order chi connectivity index (χ1) is 13.5. The Morgan fingerprint density at radius 2 is 1.79 bits per heavy atom. The molecule has 152 valence electrons. The molecule has 0 spiro atoms. The zero-order valence-corrected chi connectivity index (χ0v) is 20.3. The summed E-state index contributed by atoms with van der Waals surface area (Å²) in [5.74, 6) is 0. The average Bonchev–Trinajstić information content (AvgIpc) is 2.84. The van der Waals surface area contributed by atoms with E-state index in [1.54, 1.807) is 5.57 Å². The van der Waals surface area contributed by atoms with Crippen molar-refractivity contribution in [3.63, 3.8) is 0 Å². The van der Waals surface area contributed by atoms with Crippen LogP contribution in [-0.4, -0.2) is 19.1 Å². The Kier molecular flexibility index (Phi) is 7.46. The van der Waals surface area contributed by atoms with Gasteiger partial charge in [-0.2, -0.15) is 0 Å². The number of anilines is 1. The first kappa shape index (κ1) is 21.7. The fourth-order valence-electron chi connectivity index (χ4n) is 4.18. The number of allylic oxidation sites excluding steroid dienone is 2. The second-order valence-corrected chi connectivity index (χ2v) is 9.46. The molecule has 2 aliphatic heterocycles. The van der Waals surface area contributed by atoms with Crippen molar-refractivity contribution in [1.82, 2.24) is 10.6 Å². The minimum atomic E-state index is 0.254. The number of nitrogens with one attached hydrogen (secondary N) is 2. The molecular weight excluding hydrogens is 478 g/mol. The first-order valence-electron chi connectivity index (χ1n) is 10.3. The van der Waals surface area contributed by atoms with Gasteiger partial charge in [0.2, 0.25) is 0 Å². The monoisotopic (exact) mass is 507 g/mol. The Balaban J connectivity index is 0.000000706. The molecule has 3 aliphatic rings. The largest absolute Gasteiger partial charge is 0.398 e. The van der Waals surface area contributed by atoms with Crippen molar-refractivity contribution in [2.75, 3.05) is 18.8 Å². The molecule has 28 heavy (non-hydrogen) atoms. The maximum absolute atomic E-state index is 6.36. The normalized spacial score (nSPS) is 21.2. The van der Waals surface area contributed by atoms with Gasteiger partial charge in [-0.15, -0.1) is 0 Å². The summed E-state index contributed by atoms with van der Waals surface area (Å²) in [6, 6.07) is 2.46. The van der Waals surface area contributed by atoms with Gasteiger partial charge in [-0.05, 0) is 102 Å². The van der Waals surface area contributed by atoms with Gasteiger partial charge in [-0.1, -0.05) is 41.8 Å². The molecule has 0 aromatic heterocycles. The summed E-state index contributed by atoms with van der Waals surface area (Å²) in [7, 11) is 0. The number of halogens is 2. The van der Waals surface area contributed by atoms with Gasteiger partial charge in [0.1, 0.15) is 0 Å². The van der Waals surface area contributed by atoms with Gasteiger partial charge >= 0.3 is 0 Å². The quantitative estimate of drug-likeness (QED) is 0.378. The first-order valence-corrected chi connectivity index (χ1v) is 11.9. The van der Waals surface area contributed by atoms with Crippen molar-refractivity contribution < 1.29 is 0 Å². The van der Waals surface area contributed by atoms with E-state index in [1.165, 1.54) is 33.2 Å². The van der Waals surface area contributed by atoms with Crippen molar-refractivity contribution in [3.05, 3.63) is 55.1 Å². The summed E-state index contributed by atoms with van der Waals surface area (Å²) in [6.45, 7) is 8.47. The molecule has 4 N–H and O–H groups in total. The minimum Gasteiger partial charge on any atom is -0.398 e. The van der Waals surface area contributed by atoms with Crippen LogP contribution in [0.4, 0.5) is 5.69 Å². The minimum absolute atomic E-state index is 0.254. The van der Waals surface area contributed by atoms with Crippen LogP contribution in [0, 0.1) is 6.92 Å². The zero-order valence-electron chi connectivity index (χ0n) is 17.1. The SMILES string of the molecule is CCC.Cc1c(N)cc2c(c1Br)CCC1=CC(Br)=CNC1C2=C1CCNCC1. The molecule has 1 unspecified atom stereocenters. The van der Waals surface area contributed by atoms with Crippen molar-refractivity contribution in [2.45, 2.75) is 58.9 Å². The third-order valence-corrected chi connectivity index (χ3v) is 7.10. The number of rotatable bonds is 0. The highest BCUT2D eigenvalue weighted by atomic mass is 79.9. The fourth-order valence-corrected chi connectivity index (χ4v) is 5.25. The molecule has 3 nitrogen and oxygen atoms in total. The van der Waals surface area contributed by atoms with Crippen LogP contribution in [0.2, 0.25) is 0 Å². The van der Waals surface area contributed by atoms with E-state index < -0.39 is 0 Å². The lowest BCUT2D eigenvalue weighted by molar-refractivity contribution is 0.606. The van der Waals surface area contributed by atoms with E-state index in [9.17, 15) is 0 Å². The zero-order chi connectivity index (χ0) is 20.3. The molecule has 1 atom stereocenters. The van der Waals surface area contributed by atoms with Crippen LogP contribution in [0.1, 0.15) is 56.2 Å². The summed E-state index contributed by atoms with van der Waals surface area (Å²) < 4.78 is 2.30. The van der Waals surface area contributed by atoms with E-state index in [4.69, 9.17) is 5.73 Å². The van der Waals surface area contributed by atoms with Crippen molar-refractivity contribution in [1.29, 1.82) is 0 Å². The van der Waals surface area contributed by atoms with Crippen LogP contribution < -0.4 is 16.4 Å². The lowest BCUT2D eigenvalue weighted by Gasteiger charge is -2.30. The molecule has 0 bridgehead atoms. The summed E-state index contributed by atoms with van der Waals surface area (Å²) in [4.78, 5) is 0.